The molecule has 30 heavy (non-hydrogen) atoms. The number of phenolic OH excluding ortho intramolecular Hbond substituents is 1. The summed E-state index contributed by atoms with van der Waals surface area (Å²) in [6.07, 6.45) is 1.09. The summed E-state index contributed by atoms with van der Waals surface area (Å²) in [4.78, 5) is 27.6. The second-order valence-electron chi connectivity index (χ2n) is 5.94. The molecule has 1 heterocycles. The molecule has 12 heteroatoms. The van der Waals surface area contributed by atoms with E-state index in [4.69, 9.17) is 16.3 Å². The van der Waals surface area contributed by atoms with Gasteiger partial charge >= 0.3 is 5.69 Å². The first-order chi connectivity index (χ1) is 14.1. The van der Waals surface area contributed by atoms with Crippen LogP contribution in [-0.4, -0.2) is 50.2 Å². The standard InChI is InChI=1S/C18H15ClN4O7/c1-22(8-10-5-15(19)21-7-13(10)24)18(27)11(6-20)16(25)9-3-12(23(28)29)17(26)14(4-9)30-2/h3-5,7,24-26H,8H2,1-2H3/b16-11-. The van der Waals surface area contributed by atoms with Crippen LogP contribution in [0.4, 0.5) is 5.69 Å². The molecule has 0 radical (unpaired) electrons. The van der Waals surface area contributed by atoms with Crippen LogP contribution in [0.2, 0.25) is 5.15 Å². The molecule has 11 nitrogen and oxygen atoms in total. The number of aromatic nitrogens is 1. The number of halogens is 1. The molecular weight excluding hydrogens is 420 g/mol. The van der Waals surface area contributed by atoms with Gasteiger partial charge in [-0.25, -0.2) is 4.98 Å². The first-order valence-corrected chi connectivity index (χ1v) is 8.46. The SMILES string of the molecule is COc1cc(/C(O)=C(\C#N)C(=O)N(C)Cc2cc(Cl)ncc2O)cc([N+](=O)[O-])c1O. The number of carbonyl (C=O) groups excluding carboxylic acids is 1. The van der Waals surface area contributed by atoms with Crippen LogP contribution >= 0.6 is 11.6 Å². The van der Waals surface area contributed by atoms with Crippen molar-refractivity contribution in [1.82, 2.24) is 9.88 Å². The van der Waals surface area contributed by atoms with Crippen molar-refractivity contribution in [2.45, 2.75) is 6.54 Å². The monoisotopic (exact) mass is 434 g/mol. The number of methoxy groups -OCH3 is 1. The topological polar surface area (TPSA) is 170 Å². The van der Waals surface area contributed by atoms with Crippen LogP contribution in [0.25, 0.3) is 5.76 Å². The third kappa shape index (κ3) is 4.50. The number of hydrogen-bond donors (Lipinski definition) is 3. The quantitative estimate of drug-likeness (QED) is 0.154. The number of rotatable bonds is 6. The third-order valence-corrected chi connectivity index (χ3v) is 4.20. The Balaban J connectivity index is 2.47. The number of hydrogen-bond acceptors (Lipinski definition) is 9. The Hall–Kier alpha value is -4.04. The van der Waals surface area contributed by atoms with Gasteiger partial charge in [0.1, 0.15) is 22.7 Å². The number of aromatic hydroxyl groups is 2. The number of benzene rings is 1. The minimum absolute atomic E-state index is 0.0750. The van der Waals surface area contributed by atoms with Gasteiger partial charge in [-0.05, 0) is 12.1 Å². The zero-order valence-electron chi connectivity index (χ0n) is 15.7. The van der Waals surface area contributed by atoms with Crippen molar-refractivity contribution in [3.05, 3.63) is 56.4 Å². The number of ether oxygens (including phenoxy) is 1. The van der Waals surface area contributed by atoms with E-state index in [9.17, 15) is 35.5 Å². The van der Waals surface area contributed by atoms with Gasteiger partial charge in [-0.15, -0.1) is 0 Å². The Morgan fingerprint density at radius 1 is 1.40 bits per heavy atom. The van der Waals surface area contributed by atoms with Gasteiger partial charge in [0.05, 0.1) is 18.2 Å². The van der Waals surface area contributed by atoms with Gasteiger partial charge < -0.3 is 25.0 Å². The van der Waals surface area contributed by atoms with Crippen molar-refractivity contribution in [3.8, 4) is 23.3 Å². The van der Waals surface area contributed by atoms with E-state index in [-0.39, 0.29) is 34.3 Å². The van der Waals surface area contributed by atoms with E-state index in [1.54, 1.807) is 6.07 Å². The van der Waals surface area contributed by atoms with Crippen molar-refractivity contribution >= 4 is 29.0 Å². The summed E-state index contributed by atoms with van der Waals surface area (Å²) in [7, 11) is 2.44. The number of phenols is 1. The average molecular weight is 435 g/mol. The lowest BCUT2D eigenvalue weighted by molar-refractivity contribution is -0.386. The molecule has 0 aliphatic carbocycles. The van der Waals surface area contributed by atoms with E-state index in [1.807, 2.05) is 0 Å². The fraction of sp³-hybridized carbons (Fsp3) is 0.167. The number of likely N-dealkylation sites (N-methyl/N-ethyl adjacent to an activating group) is 1. The minimum Gasteiger partial charge on any atom is -0.506 e. The first-order valence-electron chi connectivity index (χ1n) is 8.08. The van der Waals surface area contributed by atoms with Crippen molar-refractivity contribution in [1.29, 1.82) is 5.26 Å². The van der Waals surface area contributed by atoms with Crippen molar-refractivity contribution in [3.63, 3.8) is 0 Å². The molecule has 0 atom stereocenters. The highest BCUT2D eigenvalue weighted by atomic mass is 35.5. The largest absolute Gasteiger partial charge is 0.506 e. The molecule has 0 unspecified atom stereocenters. The van der Waals surface area contributed by atoms with Crippen LogP contribution in [0.3, 0.4) is 0 Å². The van der Waals surface area contributed by atoms with E-state index in [0.29, 0.717) is 0 Å². The molecule has 1 amide bonds. The number of pyridine rings is 1. The lowest BCUT2D eigenvalue weighted by Crippen LogP contribution is -2.28. The van der Waals surface area contributed by atoms with E-state index in [0.717, 1.165) is 30.3 Å². The molecule has 1 aromatic heterocycles. The summed E-state index contributed by atoms with van der Waals surface area (Å²) in [6, 6.07) is 4.72. The number of amides is 1. The summed E-state index contributed by atoms with van der Waals surface area (Å²) in [5.41, 5.74) is -1.56. The molecule has 0 aliphatic heterocycles. The van der Waals surface area contributed by atoms with Crippen LogP contribution in [0.1, 0.15) is 11.1 Å². The molecule has 156 valence electrons. The van der Waals surface area contributed by atoms with E-state index in [2.05, 4.69) is 4.98 Å². The number of carbonyl (C=O) groups is 1. The van der Waals surface area contributed by atoms with Gasteiger partial charge in [-0.3, -0.25) is 14.9 Å². The van der Waals surface area contributed by atoms with Crippen LogP contribution < -0.4 is 4.74 Å². The zero-order chi connectivity index (χ0) is 22.6. The molecule has 0 aliphatic rings. The molecule has 1 aromatic carbocycles. The minimum atomic E-state index is -0.933. The highest BCUT2D eigenvalue weighted by Gasteiger charge is 2.26. The summed E-state index contributed by atoms with van der Waals surface area (Å²) in [5, 5.41) is 50.7. The molecule has 0 spiro atoms. The summed E-state index contributed by atoms with van der Waals surface area (Å²) < 4.78 is 4.84. The molecule has 0 saturated carbocycles. The lowest BCUT2D eigenvalue weighted by atomic mass is 10.1. The molecule has 2 rings (SSSR count). The van der Waals surface area contributed by atoms with Gasteiger partial charge in [0, 0.05) is 30.8 Å². The van der Waals surface area contributed by atoms with Gasteiger partial charge in [0.2, 0.25) is 5.75 Å². The number of aliphatic hydroxyl groups excluding tert-OH is 1. The van der Waals surface area contributed by atoms with Crippen LogP contribution in [0, 0.1) is 21.4 Å². The maximum absolute atomic E-state index is 12.7. The normalized spacial score (nSPS) is 11.3. The second kappa shape index (κ2) is 8.97. The van der Waals surface area contributed by atoms with Crippen LogP contribution in [-0.2, 0) is 11.3 Å². The molecule has 0 bridgehead atoms. The average Bonchev–Trinajstić information content (AvgIpc) is 2.70. The predicted octanol–water partition coefficient (Wildman–Crippen LogP) is 2.51. The zero-order valence-corrected chi connectivity index (χ0v) is 16.4. The molecular formula is C18H15ClN4O7. The van der Waals surface area contributed by atoms with Crippen LogP contribution in [0.15, 0.2) is 30.0 Å². The number of nitrogens with zero attached hydrogens (tertiary/aromatic N) is 4. The molecule has 0 saturated heterocycles. The van der Waals surface area contributed by atoms with E-state index in [1.165, 1.54) is 13.1 Å². The van der Waals surface area contributed by atoms with Gasteiger partial charge in [-0.1, -0.05) is 11.6 Å². The Labute approximate surface area is 174 Å². The molecule has 2 aromatic rings. The summed E-state index contributed by atoms with van der Waals surface area (Å²) in [5.74, 6) is -3.12. The van der Waals surface area contributed by atoms with E-state index >= 15 is 0 Å². The Morgan fingerprint density at radius 2 is 2.07 bits per heavy atom. The third-order valence-electron chi connectivity index (χ3n) is 3.99. The predicted molar refractivity (Wildman–Crippen MR) is 104 cm³/mol. The number of aliphatic hydroxyl groups is 1. The molecule has 0 fully saturated rings. The smallest absolute Gasteiger partial charge is 0.315 e. The summed E-state index contributed by atoms with van der Waals surface area (Å²) in [6.45, 7) is -0.176. The van der Waals surface area contributed by atoms with Gasteiger partial charge in [0.15, 0.2) is 11.3 Å². The molecule has 3 N–H and O–H groups in total. The lowest BCUT2D eigenvalue weighted by Gasteiger charge is -2.18. The highest BCUT2D eigenvalue weighted by molar-refractivity contribution is 6.29. The Morgan fingerprint density at radius 3 is 2.63 bits per heavy atom. The maximum Gasteiger partial charge on any atom is 0.315 e. The van der Waals surface area contributed by atoms with Crippen LogP contribution in [0.5, 0.6) is 17.2 Å². The fourth-order valence-corrected chi connectivity index (χ4v) is 2.66. The van der Waals surface area contributed by atoms with Crippen molar-refractivity contribution in [2.24, 2.45) is 0 Å². The number of nitro benzene ring substituents is 1. The van der Waals surface area contributed by atoms with E-state index < -0.39 is 33.6 Å². The van der Waals surface area contributed by atoms with Gasteiger partial charge in [0.25, 0.3) is 5.91 Å². The van der Waals surface area contributed by atoms with Crippen molar-refractivity contribution in [2.75, 3.05) is 14.2 Å². The second-order valence-corrected chi connectivity index (χ2v) is 6.32. The maximum atomic E-state index is 12.7. The Bertz CT molecular complexity index is 1090. The summed E-state index contributed by atoms with van der Waals surface area (Å²) >= 11 is 5.77. The number of nitro groups is 1. The Kier molecular flexibility index (Phi) is 6.66. The van der Waals surface area contributed by atoms with Gasteiger partial charge in [-0.2, -0.15) is 5.26 Å². The number of nitriles is 1. The fourth-order valence-electron chi connectivity index (χ4n) is 2.48. The first kappa shape index (κ1) is 22.3. The van der Waals surface area contributed by atoms with Crippen molar-refractivity contribution < 1.29 is 29.8 Å². The highest BCUT2D eigenvalue weighted by Crippen LogP contribution is 2.38.